The lowest BCUT2D eigenvalue weighted by atomic mass is 9.76. The molecule has 0 bridgehead atoms. The zero-order valence-corrected chi connectivity index (χ0v) is 20.0. The molecule has 37 heavy (non-hydrogen) atoms. The van der Waals surface area contributed by atoms with Gasteiger partial charge in [-0.2, -0.15) is 0 Å². The quantitative estimate of drug-likeness (QED) is 0.131. The number of nitro benzene ring substituents is 1. The lowest BCUT2D eigenvalue weighted by Gasteiger charge is -2.25. The molecule has 3 atom stereocenters. The van der Waals surface area contributed by atoms with Crippen molar-refractivity contribution in [3.8, 4) is 5.75 Å². The molecule has 11 nitrogen and oxygen atoms in total. The third kappa shape index (κ3) is 5.71. The van der Waals surface area contributed by atoms with Crippen molar-refractivity contribution in [1.82, 2.24) is 4.90 Å². The number of carbonyl (C=O) groups is 5. The van der Waals surface area contributed by atoms with E-state index in [9.17, 15) is 34.1 Å². The van der Waals surface area contributed by atoms with E-state index in [4.69, 9.17) is 9.47 Å². The normalized spacial score (nSPS) is 20.8. The van der Waals surface area contributed by atoms with E-state index >= 15 is 0 Å². The minimum atomic E-state index is -0.851. The predicted molar refractivity (Wildman–Crippen MR) is 127 cm³/mol. The van der Waals surface area contributed by atoms with E-state index in [0.717, 1.165) is 11.3 Å². The molecule has 2 aliphatic rings. The number of nitrogens with zero attached hydrogens (tertiary/aromatic N) is 2. The number of ether oxygens (including phenoxy) is 2. The average Bonchev–Trinajstić information content (AvgIpc) is 3.11. The van der Waals surface area contributed by atoms with E-state index in [0.29, 0.717) is 18.8 Å². The fourth-order valence-corrected chi connectivity index (χ4v) is 4.61. The number of rotatable bonds is 8. The van der Waals surface area contributed by atoms with Crippen LogP contribution in [-0.2, 0) is 19.1 Å². The van der Waals surface area contributed by atoms with Gasteiger partial charge in [0.25, 0.3) is 5.69 Å². The second-order valence-electron chi connectivity index (χ2n) is 9.20. The average molecular weight is 508 g/mol. The summed E-state index contributed by atoms with van der Waals surface area (Å²) in [5.41, 5.74) is 0.143. The van der Waals surface area contributed by atoms with Gasteiger partial charge in [0.1, 0.15) is 12.3 Å². The first-order chi connectivity index (χ1) is 17.6. The van der Waals surface area contributed by atoms with Gasteiger partial charge >= 0.3 is 11.9 Å². The van der Waals surface area contributed by atoms with Crippen LogP contribution in [0.2, 0.25) is 0 Å². The highest BCUT2D eigenvalue weighted by Crippen LogP contribution is 2.40. The number of likely N-dealkylation sites (tertiary alicyclic amines) is 1. The van der Waals surface area contributed by atoms with Crippen LogP contribution in [0, 0.1) is 27.9 Å². The van der Waals surface area contributed by atoms with Crippen LogP contribution in [0.1, 0.15) is 46.9 Å². The predicted octanol–water partition coefficient (Wildman–Crippen LogP) is 2.96. The van der Waals surface area contributed by atoms with Crippen molar-refractivity contribution in [3.05, 3.63) is 69.8 Å². The summed E-state index contributed by atoms with van der Waals surface area (Å²) in [4.78, 5) is 73.1. The monoisotopic (exact) mass is 508 g/mol. The molecule has 1 saturated heterocycles. The van der Waals surface area contributed by atoms with Crippen LogP contribution in [0.25, 0.3) is 0 Å². The summed E-state index contributed by atoms with van der Waals surface area (Å²) in [6, 6.07) is 10.4. The Kier molecular flexibility index (Phi) is 7.42. The molecule has 192 valence electrons. The lowest BCUT2D eigenvalue weighted by molar-refractivity contribution is -0.384. The number of imide groups is 1. The molecule has 3 unspecified atom stereocenters. The Labute approximate surface area is 211 Å². The Morgan fingerprint density at radius 1 is 0.946 bits per heavy atom. The van der Waals surface area contributed by atoms with Crippen molar-refractivity contribution in [2.24, 2.45) is 17.8 Å². The largest absolute Gasteiger partial charge is 0.456 e. The lowest BCUT2D eigenvalue weighted by Crippen LogP contribution is -2.37. The van der Waals surface area contributed by atoms with Gasteiger partial charge in [-0.15, -0.1) is 0 Å². The third-order valence-electron chi connectivity index (χ3n) is 6.63. The molecular formula is C26H24N2O9. The van der Waals surface area contributed by atoms with Crippen LogP contribution in [0.4, 0.5) is 5.69 Å². The highest BCUT2D eigenvalue weighted by molar-refractivity contribution is 6.07. The number of Topliss-reactive ketones (excluding diaryl/α,β-unsaturated/α-hetero) is 1. The Hall–Kier alpha value is -4.41. The molecule has 2 aromatic rings. The van der Waals surface area contributed by atoms with Gasteiger partial charge in [-0.05, 0) is 61.6 Å². The molecule has 2 aromatic carbocycles. The standard InChI is InChI=1S/C26H24N2O9/c1-15-2-11-20-21(12-15)25(32)27(24(20)31)13-23(30)36-14-22(29)16-5-9-19(10-6-16)37-26(33)17-3-7-18(8-4-17)28(34)35/h3-10,15,20-21H,2,11-14H2,1H3. The molecule has 1 aliphatic carbocycles. The summed E-state index contributed by atoms with van der Waals surface area (Å²) < 4.78 is 10.2. The number of non-ortho nitro benzene ring substituents is 1. The van der Waals surface area contributed by atoms with E-state index < -0.39 is 41.7 Å². The zero-order chi connectivity index (χ0) is 26.7. The minimum Gasteiger partial charge on any atom is -0.456 e. The van der Waals surface area contributed by atoms with Crippen LogP contribution in [-0.4, -0.2) is 52.5 Å². The number of benzene rings is 2. The van der Waals surface area contributed by atoms with Crippen molar-refractivity contribution in [2.75, 3.05) is 13.2 Å². The molecule has 0 radical (unpaired) electrons. The molecule has 1 aliphatic heterocycles. The van der Waals surface area contributed by atoms with Gasteiger partial charge in [0.2, 0.25) is 11.8 Å². The Morgan fingerprint density at radius 3 is 2.22 bits per heavy atom. The number of fused-ring (bicyclic) bond motifs is 1. The summed E-state index contributed by atoms with van der Waals surface area (Å²) in [5, 5.41) is 10.7. The molecule has 2 fully saturated rings. The first kappa shape index (κ1) is 25.7. The molecule has 11 heteroatoms. The fraction of sp³-hybridized carbons (Fsp3) is 0.346. The molecule has 0 spiro atoms. The van der Waals surface area contributed by atoms with E-state index in [-0.39, 0.29) is 40.3 Å². The molecule has 0 N–H and O–H groups in total. The molecule has 2 amide bonds. The van der Waals surface area contributed by atoms with Crippen molar-refractivity contribution in [3.63, 3.8) is 0 Å². The summed E-state index contributed by atoms with van der Waals surface area (Å²) in [6.45, 7) is 0.927. The second kappa shape index (κ2) is 10.7. The van der Waals surface area contributed by atoms with Gasteiger partial charge in [0.05, 0.1) is 22.3 Å². The maximum atomic E-state index is 12.6. The van der Waals surface area contributed by atoms with Crippen LogP contribution in [0.15, 0.2) is 48.5 Å². The smallest absolute Gasteiger partial charge is 0.343 e. The SMILES string of the molecule is CC1CCC2C(=O)N(CC(=O)OCC(=O)c3ccc(OC(=O)c4ccc([N+](=O)[O-])cc4)cc3)C(=O)C2C1. The number of carbonyl (C=O) groups excluding carboxylic acids is 5. The van der Waals surface area contributed by atoms with Crippen molar-refractivity contribution in [2.45, 2.75) is 26.2 Å². The summed E-state index contributed by atoms with van der Waals surface area (Å²) in [7, 11) is 0. The number of hydrogen-bond acceptors (Lipinski definition) is 9. The number of esters is 2. The Bertz CT molecular complexity index is 1250. The van der Waals surface area contributed by atoms with Crippen LogP contribution < -0.4 is 4.74 Å². The van der Waals surface area contributed by atoms with Crippen molar-refractivity contribution >= 4 is 35.2 Å². The number of ketones is 1. The maximum Gasteiger partial charge on any atom is 0.343 e. The highest BCUT2D eigenvalue weighted by atomic mass is 16.6. The van der Waals surface area contributed by atoms with Gasteiger partial charge in [-0.3, -0.25) is 34.2 Å². The Morgan fingerprint density at radius 2 is 1.57 bits per heavy atom. The second-order valence-corrected chi connectivity index (χ2v) is 9.20. The summed E-state index contributed by atoms with van der Waals surface area (Å²) >= 11 is 0. The maximum absolute atomic E-state index is 12.6. The first-order valence-electron chi connectivity index (χ1n) is 11.7. The fourth-order valence-electron chi connectivity index (χ4n) is 4.61. The summed E-state index contributed by atoms with van der Waals surface area (Å²) in [6.07, 6.45) is 2.11. The van der Waals surface area contributed by atoms with Gasteiger partial charge in [0.15, 0.2) is 12.4 Å². The van der Waals surface area contributed by atoms with Crippen LogP contribution >= 0.6 is 0 Å². The molecule has 0 aromatic heterocycles. The van der Waals surface area contributed by atoms with Gasteiger partial charge in [-0.1, -0.05) is 6.92 Å². The minimum absolute atomic E-state index is 0.112. The van der Waals surface area contributed by atoms with Crippen molar-refractivity contribution < 1.29 is 38.4 Å². The topological polar surface area (TPSA) is 150 Å². The van der Waals surface area contributed by atoms with E-state index in [1.54, 1.807) is 0 Å². The van der Waals surface area contributed by atoms with Crippen molar-refractivity contribution in [1.29, 1.82) is 0 Å². The molecule has 1 heterocycles. The van der Waals surface area contributed by atoms with E-state index in [1.807, 2.05) is 6.92 Å². The van der Waals surface area contributed by atoms with Gasteiger partial charge < -0.3 is 9.47 Å². The zero-order valence-electron chi connectivity index (χ0n) is 20.0. The first-order valence-corrected chi connectivity index (χ1v) is 11.7. The van der Waals surface area contributed by atoms with Gasteiger partial charge in [-0.25, -0.2) is 4.79 Å². The third-order valence-corrected chi connectivity index (χ3v) is 6.63. The van der Waals surface area contributed by atoms with E-state index in [1.165, 1.54) is 48.5 Å². The Balaban J connectivity index is 1.27. The summed E-state index contributed by atoms with van der Waals surface area (Å²) in [5.74, 6) is -3.11. The molecular weight excluding hydrogens is 484 g/mol. The molecule has 1 saturated carbocycles. The van der Waals surface area contributed by atoms with Crippen LogP contribution in [0.5, 0.6) is 5.75 Å². The van der Waals surface area contributed by atoms with E-state index in [2.05, 4.69) is 0 Å². The van der Waals surface area contributed by atoms with Crippen LogP contribution in [0.3, 0.4) is 0 Å². The molecule has 4 rings (SSSR count). The number of nitro groups is 1. The number of hydrogen-bond donors (Lipinski definition) is 0. The highest BCUT2D eigenvalue weighted by Gasteiger charge is 2.49. The number of amides is 2. The van der Waals surface area contributed by atoms with Gasteiger partial charge in [0, 0.05) is 17.7 Å².